The predicted octanol–water partition coefficient (Wildman–Crippen LogP) is 6.61. The summed E-state index contributed by atoms with van der Waals surface area (Å²) >= 11 is 0. The molecule has 0 saturated heterocycles. The molecule has 111 valence electrons. The van der Waals surface area contributed by atoms with E-state index < -0.39 is 0 Å². The van der Waals surface area contributed by atoms with Gasteiger partial charge in [-0.1, -0.05) is 84.9 Å². The molecule has 0 nitrogen and oxygen atoms in total. The fraction of sp³-hybridized carbons (Fsp3) is 0. The first-order valence-electron chi connectivity index (χ1n) is 8.22. The number of benzene rings is 5. The third-order valence-corrected chi connectivity index (χ3v) is 4.75. The molecule has 0 saturated carbocycles. The lowest BCUT2D eigenvalue weighted by Gasteiger charge is -2.13. The SMILES string of the molecule is [c]1cccc2cccc(-c3cc4ccccc4c4ccccc34)c12. The molecule has 0 aliphatic heterocycles. The summed E-state index contributed by atoms with van der Waals surface area (Å²) in [7, 11) is 0. The van der Waals surface area contributed by atoms with Crippen LogP contribution in [0.4, 0.5) is 0 Å². The van der Waals surface area contributed by atoms with Crippen molar-refractivity contribution in [2.75, 3.05) is 0 Å². The predicted molar refractivity (Wildman–Crippen MR) is 103 cm³/mol. The van der Waals surface area contributed by atoms with Gasteiger partial charge in [0.15, 0.2) is 0 Å². The van der Waals surface area contributed by atoms with Crippen molar-refractivity contribution in [2.45, 2.75) is 0 Å². The number of fused-ring (bicyclic) bond motifs is 4. The van der Waals surface area contributed by atoms with Gasteiger partial charge in [0.25, 0.3) is 0 Å². The second-order valence-corrected chi connectivity index (χ2v) is 6.13. The Balaban J connectivity index is 1.98. The van der Waals surface area contributed by atoms with E-state index in [2.05, 4.69) is 84.9 Å². The van der Waals surface area contributed by atoms with Crippen LogP contribution < -0.4 is 0 Å². The first-order valence-corrected chi connectivity index (χ1v) is 8.22. The maximum Gasteiger partial charge on any atom is -0.00264 e. The highest BCUT2D eigenvalue weighted by Crippen LogP contribution is 2.37. The Morgan fingerprint density at radius 1 is 0.500 bits per heavy atom. The molecule has 0 spiro atoms. The van der Waals surface area contributed by atoms with Crippen molar-refractivity contribution in [1.29, 1.82) is 0 Å². The zero-order chi connectivity index (χ0) is 15.9. The van der Waals surface area contributed by atoms with Gasteiger partial charge in [0, 0.05) is 0 Å². The van der Waals surface area contributed by atoms with E-state index >= 15 is 0 Å². The summed E-state index contributed by atoms with van der Waals surface area (Å²) in [5.74, 6) is 0. The molecule has 5 rings (SSSR count). The smallest absolute Gasteiger partial charge is 0.00264 e. The third kappa shape index (κ3) is 1.93. The molecule has 5 aromatic rings. The van der Waals surface area contributed by atoms with Crippen LogP contribution in [0.3, 0.4) is 0 Å². The Kier molecular flexibility index (Phi) is 2.89. The van der Waals surface area contributed by atoms with Gasteiger partial charge in [-0.25, -0.2) is 0 Å². The fourth-order valence-corrected chi connectivity index (χ4v) is 3.65. The van der Waals surface area contributed by atoms with Crippen LogP contribution in [-0.2, 0) is 0 Å². The summed E-state index contributed by atoms with van der Waals surface area (Å²) in [6.45, 7) is 0. The summed E-state index contributed by atoms with van der Waals surface area (Å²) in [6, 6.07) is 35.7. The maximum atomic E-state index is 3.43. The average Bonchev–Trinajstić information content (AvgIpc) is 2.67. The van der Waals surface area contributed by atoms with Crippen molar-refractivity contribution in [3.05, 3.63) is 97.1 Å². The third-order valence-electron chi connectivity index (χ3n) is 4.75. The Labute approximate surface area is 141 Å². The molecule has 0 fully saturated rings. The van der Waals surface area contributed by atoms with Crippen LogP contribution in [0.2, 0.25) is 0 Å². The highest BCUT2D eigenvalue weighted by atomic mass is 14.1. The summed E-state index contributed by atoms with van der Waals surface area (Å²) < 4.78 is 0. The van der Waals surface area contributed by atoms with Crippen LogP contribution in [0.25, 0.3) is 43.4 Å². The molecule has 0 aliphatic rings. The van der Waals surface area contributed by atoms with Crippen LogP contribution in [-0.4, -0.2) is 0 Å². The van der Waals surface area contributed by atoms with E-state index in [0.717, 1.165) is 0 Å². The second kappa shape index (κ2) is 5.21. The molecule has 0 N–H and O–H groups in total. The molecule has 1 radical (unpaired) electrons. The summed E-state index contributed by atoms with van der Waals surface area (Å²) in [6.07, 6.45) is 0. The van der Waals surface area contributed by atoms with Gasteiger partial charge in [0.2, 0.25) is 0 Å². The molecule has 0 aromatic heterocycles. The number of rotatable bonds is 1. The minimum Gasteiger partial charge on any atom is -0.0616 e. The Morgan fingerprint density at radius 2 is 1.21 bits per heavy atom. The van der Waals surface area contributed by atoms with Crippen molar-refractivity contribution in [3.63, 3.8) is 0 Å². The van der Waals surface area contributed by atoms with Gasteiger partial charge in [-0.05, 0) is 55.6 Å². The molecule has 24 heavy (non-hydrogen) atoms. The van der Waals surface area contributed by atoms with E-state index in [1.807, 2.05) is 12.1 Å². The van der Waals surface area contributed by atoms with E-state index in [0.29, 0.717) is 0 Å². The molecule has 0 aliphatic carbocycles. The van der Waals surface area contributed by atoms with Gasteiger partial charge in [-0.15, -0.1) is 0 Å². The zero-order valence-electron chi connectivity index (χ0n) is 13.2. The highest BCUT2D eigenvalue weighted by molar-refractivity contribution is 6.16. The Morgan fingerprint density at radius 3 is 2.12 bits per heavy atom. The minimum absolute atomic E-state index is 1.18. The molecule has 0 bridgehead atoms. The van der Waals surface area contributed by atoms with Crippen molar-refractivity contribution in [2.24, 2.45) is 0 Å². The summed E-state index contributed by atoms with van der Waals surface area (Å²) in [5, 5.41) is 7.59. The largest absolute Gasteiger partial charge is 0.0616 e. The molecule has 0 heterocycles. The lowest BCUT2D eigenvalue weighted by molar-refractivity contribution is 1.69. The molecule has 5 aromatic carbocycles. The monoisotopic (exact) mass is 303 g/mol. The summed E-state index contributed by atoms with van der Waals surface area (Å²) in [4.78, 5) is 0. The lowest BCUT2D eigenvalue weighted by atomic mass is 9.91. The van der Waals surface area contributed by atoms with Crippen molar-refractivity contribution in [1.82, 2.24) is 0 Å². The van der Waals surface area contributed by atoms with Crippen LogP contribution in [0, 0.1) is 6.07 Å². The molecule has 0 amide bonds. The standard InChI is InChI=1S/C24H15/c1-3-11-19-17(8-1)10-7-15-22(19)24-16-18-9-2-4-12-20(18)21-13-5-6-14-23(21)24/h1-10,12-16H. The van der Waals surface area contributed by atoms with Crippen LogP contribution >= 0.6 is 0 Å². The van der Waals surface area contributed by atoms with E-state index in [9.17, 15) is 0 Å². The number of hydrogen-bond donors (Lipinski definition) is 0. The minimum atomic E-state index is 1.18. The first kappa shape index (κ1) is 13.3. The normalized spacial score (nSPS) is 11.3. The molecular weight excluding hydrogens is 288 g/mol. The summed E-state index contributed by atoms with van der Waals surface area (Å²) in [5.41, 5.74) is 2.52. The van der Waals surface area contributed by atoms with E-state index in [1.165, 1.54) is 43.4 Å². The number of hydrogen-bond acceptors (Lipinski definition) is 0. The Bertz CT molecular complexity index is 1190. The molecule has 0 heteroatoms. The Hall–Kier alpha value is -3.12. The van der Waals surface area contributed by atoms with Gasteiger partial charge >= 0.3 is 0 Å². The van der Waals surface area contributed by atoms with Gasteiger partial charge in [0.1, 0.15) is 0 Å². The zero-order valence-corrected chi connectivity index (χ0v) is 13.2. The molecule has 0 atom stereocenters. The van der Waals surface area contributed by atoms with Crippen molar-refractivity contribution >= 4 is 32.3 Å². The first-order chi connectivity index (χ1) is 11.9. The quantitative estimate of drug-likeness (QED) is 0.305. The topological polar surface area (TPSA) is 0 Å². The van der Waals surface area contributed by atoms with Gasteiger partial charge in [-0.3, -0.25) is 0 Å². The van der Waals surface area contributed by atoms with Gasteiger partial charge < -0.3 is 0 Å². The van der Waals surface area contributed by atoms with Crippen LogP contribution in [0.15, 0.2) is 91.0 Å². The van der Waals surface area contributed by atoms with Crippen molar-refractivity contribution < 1.29 is 0 Å². The van der Waals surface area contributed by atoms with Crippen molar-refractivity contribution in [3.8, 4) is 11.1 Å². The lowest BCUT2D eigenvalue weighted by Crippen LogP contribution is -1.86. The van der Waals surface area contributed by atoms with E-state index in [4.69, 9.17) is 0 Å². The highest BCUT2D eigenvalue weighted by Gasteiger charge is 2.10. The van der Waals surface area contributed by atoms with Crippen LogP contribution in [0.1, 0.15) is 0 Å². The maximum absolute atomic E-state index is 3.43. The molecule has 0 unspecified atom stereocenters. The van der Waals surface area contributed by atoms with Gasteiger partial charge in [0.05, 0.1) is 0 Å². The average molecular weight is 303 g/mol. The van der Waals surface area contributed by atoms with Crippen LogP contribution in [0.5, 0.6) is 0 Å². The van der Waals surface area contributed by atoms with E-state index in [1.54, 1.807) is 0 Å². The fourth-order valence-electron chi connectivity index (χ4n) is 3.65. The van der Waals surface area contributed by atoms with E-state index in [-0.39, 0.29) is 0 Å². The van der Waals surface area contributed by atoms with Gasteiger partial charge in [-0.2, -0.15) is 0 Å². The second-order valence-electron chi connectivity index (χ2n) is 6.13. The molecular formula is C24H15.